The van der Waals surface area contributed by atoms with Crippen LogP contribution in [-0.2, 0) is 5.41 Å². The number of aliphatic hydroxyl groups is 2. The molecule has 34 heavy (non-hydrogen) atoms. The SMILES string of the molecule is CCC(C)c1cc(C2(c3ccc(OCCO)c(C(C)CC)c3)CCCCC2)ccc1OCCO. The van der Waals surface area contributed by atoms with Gasteiger partial charge in [0.25, 0.3) is 0 Å². The van der Waals surface area contributed by atoms with Crippen molar-refractivity contribution in [3.05, 3.63) is 58.7 Å². The summed E-state index contributed by atoms with van der Waals surface area (Å²) in [6.07, 6.45) is 8.10. The highest BCUT2D eigenvalue weighted by Crippen LogP contribution is 2.48. The Morgan fingerprint density at radius 2 is 1.18 bits per heavy atom. The first-order valence-electron chi connectivity index (χ1n) is 13.3. The van der Waals surface area contributed by atoms with E-state index in [1.165, 1.54) is 41.5 Å². The van der Waals surface area contributed by atoms with Crippen LogP contribution in [0.3, 0.4) is 0 Å². The number of ether oxygens (including phenoxy) is 2. The van der Waals surface area contributed by atoms with Crippen LogP contribution in [0.4, 0.5) is 0 Å². The molecule has 2 aromatic rings. The molecule has 0 heterocycles. The van der Waals surface area contributed by atoms with E-state index in [-0.39, 0.29) is 18.6 Å². The molecule has 4 heteroatoms. The van der Waals surface area contributed by atoms with Crippen LogP contribution in [0.25, 0.3) is 0 Å². The van der Waals surface area contributed by atoms with Gasteiger partial charge in [0.2, 0.25) is 0 Å². The van der Waals surface area contributed by atoms with Crippen molar-refractivity contribution in [2.75, 3.05) is 26.4 Å². The standard InChI is InChI=1S/C30H44O4/c1-5-22(3)26-20-24(10-12-28(26)33-18-16-31)30(14-8-7-9-15-30)25-11-13-29(34-19-17-32)27(21-25)23(4)6-2/h10-13,20-23,31-32H,5-9,14-19H2,1-4H3. The zero-order valence-corrected chi connectivity index (χ0v) is 21.6. The van der Waals surface area contributed by atoms with Gasteiger partial charge in [-0.05, 0) is 71.9 Å². The highest BCUT2D eigenvalue weighted by molar-refractivity contribution is 5.50. The van der Waals surface area contributed by atoms with Crippen molar-refractivity contribution in [1.29, 1.82) is 0 Å². The van der Waals surface area contributed by atoms with Crippen molar-refractivity contribution in [2.45, 2.75) is 89.9 Å². The summed E-state index contributed by atoms with van der Waals surface area (Å²) in [7, 11) is 0. The Balaban J connectivity index is 2.12. The maximum Gasteiger partial charge on any atom is 0.122 e. The molecule has 0 amide bonds. The average molecular weight is 469 g/mol. The van der Waals surface area contributed by atoms with Gasteiger partial charge >= 0.3 is 0 Å². The molecule has 0 radical (unpaired) electrons. The van der Waals surface area contributed by atoms with E-state index in [1.807, 2.05) is 0 Å². The molecule has 0 spiro atoms. The van der Waals surface area contributed by atoms with E-state index in [1.54, 1.807) is 0 Å². The maximum absolute atomic E-state index is 9.28. The van der Waals surface area contributed by atoms with E-state index in [0.717, 1.165) is 37.2 Å². The topological polar surface area (TPSA) is 58.9 Å². The van der Waals surface area contributed by atoms with Crippen molar-refractivity contribution >= 4 is 0 Å². The molecule has 2 unspecified atom stereocenters. The summed E-state index contributed by atoms with van der Waals surface area (Å²) >= 11 is 0. The van der Waals surface area contributed by atoms with Crippen LogP contribution >= 0.6 is 0 Å². The Morgan fingerprint density at radius 1 is 0.735 bits per heavy atom. The summed E-state index contributed by atoms with van der Waals surface area (Å²) in [5.41, 5.74) is 5.20. The maximum atomic E-state index is 9.28. The molecule has 188 valence electrons. The normalized spacial score (nSPS) is 17.2. The minimum atomic E-state index is -0.0201. The van der Waals surface area contributed by atoms with Gasteiger partial charge in [0, 0.05) is 5.41 Å². The van der Waals surface area contributed by atoms with Crippen LogP contribution in [0.15, 0.2) is 36.4 Å². The van der Waals surface area contributed by atoms with Gasteiger partial charge in [-0.25, -0.2) is 0 Å². The van der Waals surface area contributed by atoms with Crippen LogP contribution in [0.2, 0.25) is 0 Å². The Bertz CT molecular complexity index is 833. The zero-order valence-electron chi connectivity index (χ0n) is 21.6. The molecule has 2 atom stereocenters. The monoisotopic (exact) mass is 468 g/mol. The second-order valence-electron chi connectivity index (χ2n) is 9.91. The number of hydrogen-bond acceptors (Lipinski definition) is 4. The van der Waals surface area contributed by atoms with Crippen molar-refractivity contribution < 1.29 is 19.7 Å². The lowest BCUT2D eigenvalue weighted by Gasteiger charge is -2.40. The highest BCUT2D eigenvalue weighted by atomic mass is 16.5. The first-order valence-corrected chi connectivity index (χ1v) is 13.3. The molecule has 2 aromatic carbocycles. The molecule has 2 N–H and O–H groups in total. The van der Waals surface area contributed by atoms with Gasteiger partial charge in [-0.1, -0.05) is 71.2 Å². The minimum absolute atomic E-state index is 0.0201. The Morgan fingerprint density at radius 3 is 1.56 bits per heavy atom. The highest BCUT2D eigenvalue weighted by Gasteiger charge is 2.37. The average Bonchev–Trinajstić information content (AvgIpc) is 2.89. The molecule has 3 rings (SSSR count). The Hall–Kier alpha value is -2.04. The number of benzene rings is 2. The van der Waals surface area contributed by atoms with E-state index in [0.29, 0.717) is 25.0 Å². The van der Waals surface area contributed by atoms with Crippen LogP contribution < -0.4 is 9.47 Å². The molecular weight excluding hydrogens is 424 g/mol. The summed E-state index contributed by atoms with van der Waals surface area (Å²) in [6.45, 7) is 9.63. The third-order valence-electron chi connectivity index (χ3n) is 7.82. The first kappa shape index (κ1) is 26.6. The predicted octanol–water partition coefficient (Wildman–Crippen LogP) is 6.71. The van der Waals surface area contributed by atoms with Gasteiger partial charge in [-0.3, -0.25) is 0 Å². The first-order chi connectivity index (χ1) is 16.5. The molecule has 0 aliphatic heterocycles. The van der Waals surface area contributed by atoms with Gasteiger partial charge in [-0.2, -0.15) is 0 Å². The van der Waals surface area contributed by atoms with Crippen molar-refractivity contribution in [3.8, 4) is 11.5 Å². The molecule has 1 aliphatic carbocycles. The van der Waals surface area contributed by atoms with Crippen molar-refractivity contribution in [2.24, 2.45) is 0 Å². The van der Waals surface area contributed by atoms with Crippen LogP contribution in [-0.4, -0.2) is 36.6 Å². The lowest BCUT2D eigenvalue weighted by molar-refractivity contribution is 0.199. The molecule has 1 saturated carbocycles. The Kier molecular flexibility index (Phi) is 9.85. The van der Waals surface area contributed by atoms with Gasteiger partial charge in [0.15, 0.2) is 0 Å². The van der Waals surface area contributed by atoms with E-state index >= 15 is 0 Å². The van der Waals surface area contributed by atoms with E-state index < -0.39 is 0 Å². The van der Waals surface area contributed by atoms with E-state index in [4.69, 9.17) is 9.47 Å². The quantitative estimate of drug-likeness (QED) is 0.364. The summed E-state index contributed by atoms with van der Waals surface area (Å²) in [5, 5.41) is 18.6. The van der Waals surface area contributed by atoms with E-state index in [9.17, 15) is 10.2 Å². The number of aliphatic hydroxyl groups excluding tert-OH is 2. The number of rotatable bonds is 12. The minimum Gasteiger partial charge on any atom is -0.491 e. The van der Waals surface area contributed by atoms with Crippen molar-refractivity contribution in [1.82, 2.24) is 0 Å². The van der Waals surface area contributed by atoms with Gasteiger partial charge < -0.3 is 19.7 Å². The lowest BCUT2D eigenvalue weighted by Crippen LogP contribution is -2.31. The second-order valence-corrected chi connectivity index (χ2v) is 9.91. The van der Waals surface area contributed by atoms with Crippen LogP contribution in [0.5, 0.6) is 11.5 Å². The Labute approximate surface area is 206 Å². The fraction of sp³-hybridized carbons (Fsp3) is 0.600. The molecule has 1 fully saturated rings. The van der Waals surface area contributed by atoms with Crippen LogP contribution in [0, 0.1) is 0 Å². The fourth-order valence-corrected chi connectivity index (χ4v) is 5.38. The molecule has 0 saturated heterocycles. The zero-order chi connectivity index (χ0) is 24.6. The molecule has 4 nitrogen and oxygen atoms in total. The van der Waals surface area contributed by atoms with Crippen LogP contribution in [0.1, 0.15) is 107 Å². The second kappa shape index (κ2) is 12.6. The lowest BCUT2D eigenvalue weighted by atomic mass is 9.64. The van der Waals surface area contributed by atoms with Gasteiger partial charge in [0.05, 0.1) is 13.2 Å². The molecular formula is C30H44O4. The summed E-state index contributed by atoms with van der Waals surface area (Å²) < 4.78 is 11.8. The number of hydrogen-bond donors (Lipinski definition) is 2. The van der Waals surface area contributed by atoms with Gasteiger partial charge in [-0.15, -0.1) is 0 Å². The summed E-state index contributed by atoms with van der Waals surface area (Å²) in [4.78, 5) is 0. The third kappa shape index (κ3) is 5.78. The van der Waals surface area contributed by atoms with Gasteiger partial charge in [0.1, 0.15) is 24.7 Å². The fourth-order valence-electron chi connectivity index (χ4n) is 5.38. The molecule has 0 bridgehead atoms. The smallest absolute Gasteiger partial charge is 0.122 e. The molecule has 0 aromatic heterocycles. The third-order valence-corrected chi connectivity index (χ3v) is 7.82. The summed E-state index contributed by atoms with van der Waals surface area (Å²) in [5.74, 6) is 2.57. The van der Waals surface area contributed by atoms with Crippen molar-refractivity contribution in [3.63, 3.8) is 0 Å². The molecule has 1 aliphatic rings. The van der Waals surface area contributed by atoms with E-state index in [2.05, 4.69) is 64.1 Å². The summed E-state index contributed by atoms with van der Waals surface area (Å²) in [6, 6.07) is 13.5. The predicted molar refractivity (Wildman–Crippen MR) is 139 cm³/mol. The largest absolute Gasteiger partial charge is 0.491 e.